The van der Waals surface area contributed by atoms with Crippen molar-refractivity contribution in [2.75, 3.05) is 13.1 Å². The summed E-state index contributed by atoms with van der Waals surface area (Å²) in [6, 6.07) is 8.19. The van der Waals surface area contributed by atoms with E-state index in [-0.39, 0.29) is 19.5 Å². The maximum atomic E-state index is 13.4. The molecular weight excluding hydrogens is 338 g/mol. The molecule has 1 unspecified atom stereocenters. The van der Waals surface area contributed by atoms with Gasteiger partial charge < -0.3 is 10.2 Å². The highest BCUT2D eigenvalue weighted by Gasteiger charge is 2.35. The van der Waals surface area contributed by atoms with Gasteiger partial charge in [-0.05, 0) is 6.07 Å². The molecule has 124 valence electrons. The van der Waals surface area contributed by atoms with Crippen LogP contribution in [0.1, 0.15) is 16.8 Å². The summed E-state index contributed by atoms with van der Waals surface area (Å²) >= 11 is 2.56. The Balaban J connectivity index is 1.73. The van der Waals surface area contributed by atoms with Crippen molar-refractivity contribution in [2.45, 2.75) is 18.6 Å². The molecule has 2 atom stereocenters. The predicted molar refractivity (Wildman–Crippen MR) is 90.1 cm³/mol. The third-order valence-corrected chi connectivity index (χ3v) is 4.63. The number of halogens is 1. The topological polar surface area (TPSA) is 86.1 Å². The van der Waals surface area contributed by atoms with Crippen LogP contribution in [-0.2, 0) is 4.79 Å². The van der Waals surface area contributed by atoms with Crippen LogP contribution in [0.25, 0.3) is 10.9 Å². The Kier molecular flexibility index (Phi) is 4.99. The molecule has 2 radical (unpaired) electrons. The lowest BCUT2D eigenvalue weighted by molar-refractivity contribution is -0.130. The van der Waals surface area contributed by atoms with Crippen LogP contribution in [0.5, 0.6) is 0 Å². The van der Waals surface area contributed by atoms with Gasteiger partial charge in [0.05, 0.1) is 30.2 Å². The van der Waals surface area contributed by atoms with E-state index in [0.29, 0.717) is 16.5 Å². The van der Waals surface area contributed by atoms with E-state index in [1.54, 1.807) is 12.1 Å². The standard InChI is InChI=1S/C17H14FN4O2.Al/c18-11-7-12(8-19)22(10-11)16(23)9-21-17(24)14-5-6-20-15-4-2-1-3-13(14)15;/h1-3,5-6,11-12H,7,9-10H2,(H,21,24);/t11?,12-;/m0./s1. The van der Waals surface area contributed by atoms with Crippen molar-refractivity contribution >= 4 is 43.4 Å². The summed E-state index contributed by atoms with van der Waals surface area (Å²) in [6.07, 6.45) is 0.350. The van der Waals surface area contributed by atoms with Gasteiger partial charge in [-0.3, -0.25) is 14.6 Å². The highest BCUT2D eigenvalue weighted by Crippen LogP contribution is 2.20. The maximum absolute atomic E-state index is 13.4. The predicted octanol–water partition coefficient (Wildman–Crippen LogP) is 0.221. The van der Waals surface area contributed by atoms with Crippen LogP contribution in [0.4, 0.5) is 4.39 Å². The van der Waals surface area contributed by atoms with Gasteiger partial charge in [-0.15, -0.1) is 4.43 Å². The summed E-state index contributed by atoms with van der Waals surface area (Å²) < 4.78 is 14.3. The first kappa shape index (κ1) is 17.3. The van der Waals surface area contributed by atoms with Crippen LogP contribution >= 0.6 is 0 Å². The minimum absolute atomic E-state index is 0.0160. The maximum Gasteiger partial charge on any atom is 0.252 e. The van der Waals surface area contributed by atoms with E-state index in [0.717, 1.165) is 4.43 Å². The van der Waals surface area contributed by atoms with E-state index in [1.165, 1.54) is 11.1 Å². The number of carbonyl (C=O) groups is 2. The van der Waals surface area contributed by atoms with Crippen molar-refractivity contribution in [1.82, 2.24) is 15.2 Å². The first-order valence-electron chi connectivity index (χ1n) is 7.76. The largest absolute Gasteiger partial charge is 0.343 e. The van der Waals surface area contributed by atoms with Gasteiger partial charge in [0.2, 0.25) is 5.91 Å². The number of likely N-dealkylation sites (tertiary alicyclic amines) is 1. The number of alkyl halides is 1. The fourth-order valence-corrected chi connectivity index (χ4v) is 3.27. The molecule has 1 aliphatic rings. The molecule has 6 nitrogen and oxygen atoms in total. The third kappa shape index (κ3) is 3.48. The number of pyridine rings is 1. The number of nitrogens with zero attached hydrogens (tertiary/aromatic N) is 3. The van der Waals surface area contributed by atoms with Gasteiger partial charge in [0, 0.05) is 18.0 Å². The first-order chi connectivity index (χ1) is 12.0. The molecule has 1 saturated heterocycles. The molecule has 0 bridgehead atoms. The fraction of sp³-hybridized carbons (Fsp3) is 0.294. The van der Waals surface area contributed by atoms with Crippen LogP contribution in [0, 0.1) is 11.3 Å². The molecule has 1 aliphatic heterocycles. The molecule has 2 aromatic rings. The second-order valence-corrected chi connectivity index (χ2v) is 6.43. The molecule has 3 rings (SSSR count). The number of hydrogen-bond donors (Lipinski definition) is 1. The van der Waals surface area contributed by atoms with Crippen molar-refractivity contribution < 1.29 is 14.0 Å². The second kappa shape index (κ2) is 7.18. The third-order valence-electron chi connectivity index (χ3n) is 4.17. The highest BCUT2D eigenvalue weighted by molar-refractivity contribution is 6.38. The van der Waals surface area contributed by atoms with Gasteiger partial charge in [-0.2, -0.15) is 5.26 Å². The monoisotopic (exact) mass is 352 g/mol. The van der Waals surface area contributed by atoms with Crippen LogP contribution in [0.15, 0.2) is 30.5 Å². The summed E-state index contributed by atoms with van der Waals surface area (Å²) in [5.74, 6) is -0.883. The van der Waals surface area contributed by atoms with Gasteiger partial charge in [0.1, 0.15) is 12.2 Å². The number of benzene rings is 1. The Morgan fingerprint density at radius 3 is 3.00 bits per heavy atom. The van der Waals surface area contributed by atoms with Crippen LogP contribution < -0.4 is 9.74 Å². The Labute approximate surface area is 152 Å². The highest BCUT2D eigenvalue weighted by atomic mass is 27.0. The molecule has 2 amide bonds. The molecular formula is C17H14AlFN4O2. The smallest absolute Gasteiger partial charge is 0.252 e. The van der Waals surface area contributed by atoms with E-state index >= 15 is 0 Å². The lowest BCUT2D eigenvalue weighted by Gasteiger charge is -2.19. The number of amides is 2. The Hall–Kier alpha value is -2.48. The van der Waals surface area contributed by atoms with E-state index in [9.17, 15) is 14.0 Å². The van der Waals surface area contributed by atoms with Gasteiger partial charge in [0.25, 0.3) is 5.91 Å². The van der Waals surface area contributed by atoms with Crippen LogP contribution in [0.3, 0.4) is 0 Å². The SMILES string of the molecule is N#C[C@@H]1CC(F)CN1C(=O)CNC(=O)c1ccnc2[c]([Al])cccc12. The summed E-state index contributed by atoms with van der Waals surface area (Å²) in [5, 5.41) is 12.2. The number of hydrogen-bond acceptors (Lipinski definition) is 4. The zero-order chi connectivity index (χ0) is 18.0. The number of carbonyl (C=O) groups excluding carboxylic acids is 2. The quantitative estimate of drug-likeness (QED) is 0.801. The second-order valence-electron chi connectivity index (χ2n) is 5.81. The van der Waals surface area contributed by atoms with Crippen LogP contribution in [0.2, 0.25) is 0 Å². The summed E-state index contributed by atoms with van der Waals surface area (Å²) in [6.45, 7) is -0.393. The summed E-state index contributed by atoms with van der Waals surface area (Å²) in [4.78, 5) is 30.1. The van der Waals surface area contributed by atoms with E-state index in [4.69, 9.17) is 5.26 Å². The molecule has 0 spiro atoms. The van der Waals surface area contributed by atoms with Gasteiger partial charge in [-0.25, -0.2) is 4.39 Å². The number of nitriles is 1. The fourth-order valence-electron chi connectivity index (χ4n) is 2.93. The first-order valence-corrected chi connectivity index (χ1v) is 8.33. The summed E-state index contributed by atoms with van der Waals surface area (Å²) in [5.41, 5.74) is 1.10. The van der Waals surface area contributed by atoms with Gasteiger partial charge >= 0.3 is 0 Å². The summed E-state index contributed by atoms with van der Waals surface area (Å²) in [7, 11) is 0. The number of nitrogens with one attached hydrogen (secondary N) is 1. The van der Waals surface area contributed by atoms with Crippen molar-refractivity contribution in [1.29, 1.82) is 5.26 Å². The van der Waals surface area contributed by atoms with Crippen molar-refractivity contribution in [3.63, 3.8) is 0 Å². The minimum Gasteiger partial charge on any atom is -0.343 e. The average molecular weight is 352 g/mol. The molecule has 25 heavy (non-hydrogen) atoms. The van der Waals surface area contributed by atoms with Crippen LogP contribution in [-0.4, -0.2) is 63.3 Å². The number of para-hydroxylation sites is 1. The molecule has 0 saturated carbocycles. The number of aromatic nitrogens is 1. The normalized spacial score (nSPS) is 19.6. The lowest BCUT2D eigenvalue weighted by Crippen LogP contribution is -2.42. The Morgan fingerprint density at radius 2 is 2.24 bits per heavy atom. The Morgan fingerprint density at radius 1 is 1.44 bits per heavy atom. The molecule has 8 heteroatoms. The van der Waals surface area contributed by atoms with E-state index < -0.39 is 24.0 Å². The van der Waals surface area contributed by atoms with Crippen molar-refractivity contribution in [2.24, 2.45) is 0 Å². The molecule has 0 aliphatic carbocycles. The van der Waals surface area contributed by atoms with Crippen molar-refractivity contribution in [3.05, 3.63) is 36.0 Å². The lowest BCUT2D eigenvalue weighted by atomic mass is 10.1. The van der Waals surface area contributed by atoms with Crippen molar-refractivity contribution in [3.8, 4) is 6.07 Å². The average Bonchev–Trinajstić information content (AvgIpc) is 3.00. The number of fused-ring (bicyclic) bond motifs is 1. The minimum atomic E-state index is -1.20. The zero-order valence-corrected chi connectivity index (χ0v) is 14.4. The molecule has 1 aromatic carbocycles. The molecule has 1 fully saturated rings. The van der Waals surface area contributed by atoms with Gasteiger partial charge in [-0.1, -0.05) is 18.2 Å². The zero-order valence-electron chi connectivity index (χ0n) is 13.3. The number of rotatable bonds is 3. The molecule has 1 N–H and O–H groups in total. The van der Waals surface area contributed by atoms with E-state index in [1.807, 2.05) is 18.2 Å². The van der Waals surface area contributed by atoms with Gasteiger partial charge in [0.15, 0.2) is 16.3 Å². The molecule has 1 aromatic heterocycles. The van der Waals surface area contributed by atoms with E-state index in [2.05, 4.69) is 26.6 Å². The molecule has 2 heterocycles. The Bertz CT molecular complexity index is 883.